The quantitative estimate of drug-likeness (QED) is 0.108. The molecule has 6 N–H and O–H groups in total. The maximum Gasteiger partial charge on any atom is 0.347 e. The van der Waals surface area contributed by atoms with Crippen molar-refractivity contribution in [2.24, 2.45) is 5.16 Å². The van der Waals surface area contributed by atoms with Gasteiger partial charge in [0.15, 0.2) is 10.8 Å². The first kappa shape index (κ1) is 27.1. The summed E-state index contributed by atoms with van der Waals surface area (Å²) in [4.78, 5) is 63.0. The summed E-state index contributed by atoms with van der Waals surface area (Å²) in [6.07, 6.45) is 1.63. The first-order valence-electron chi connectivity index (χ1n) is 10.7. The van der Waals surface area contributed by atoms with Gasteiger partial charge in [-0.15, -0.1) is 11.8 Å². The number of nitrogens with one attached hydrogen (secondary N) is 1. The number of rotatable bonds is 9. The molecule has 2 aromatic rings. The Morgan fingerprint density at radius 3 is 2.76 bits per heavy atom. The molecule has 18 heteroatoms. The van der Waals surface area contributed by atoms with E-state index >= 15 is 0 Å². The van der Waals surface area contributed by atoms with Crippen molar-refractivity contribution < 1.29 is 38.8 Å². The van der Waals surface area contributed by atoms with E-state index in [4.69, 9.17) is 33.0 Å². The molecule has 2 amide bonds. The number of thioether (sulfide) groups is 1. The van der Waals surface area contributed by atoms with E-state index in [2.05, 4.69) is 20.4 Å². The van der Waals surface area contributed by atoms with Gasteiger partial charge in [0, 0.05) is 17.4 Å². The molecule has 0 unspecified atom stereocenters. The number of carboxylic acid groups (broad SMARTS) is 2. The lowest BCUT2D eigenvalue weighted by Crippen LogP contribution is -2.71. The van der Waals surface area contributed by atoms with Crippen LogP contribution in [0.3, 0.4) is 0 Å². The standard InChI is InChI=1S/C20H19ClN8O7S2/c1-7(18(32)33)36-27-11(10-14(21)38-20(23)26-10)15(30)25-12-16(31)29-13(19(34)35)8(5-37-17(12)29)4-28-3-2-9(22)24-6-28/h2-3,6-7,12,17,22H,4-5H2,1H3,(H5,23,25,26,30,32,33,34,35)/b27-11-/t7-,12+,17+/m0/s1. The van der Waals surface area contributed by atoms with Gasteiger partial charge in [-0.3, -0.25) is 14.5 Å². The molecule has 3 atom stereocenters. The molecule has 2 aliphatic rings. The van der Waals surface area contributed by atoms with Crippen molar-refractivity contribution in [1.82, 2.24) is 20.2 Å². The van der Waals surface area contributed by atoms with E-state index in [1.54, 1.807) is 16.8 Å². The Balaban J connectivity index is 1.56. The Labute approximate surface area is 227 Å². The Kier molecular flexibility index (Phi) is 7.70. The van der Waals surface area contributed by atoms with Gasteiger partial charge in [-0.1, -0.05) is 28.1 Å². The first-order valence-corrected chi connectivity index (χ1v) is 12.9. The molecule has 15 nitrogen and oxygen atoms in total. The number of carbonyl (C=O) groups is 4. The number of amides is 2. The van der Waals surface area contributed by atoms with Gasteiger partial charge >= 0.3 is 5.97 Å². The van der Waals surface area contributed by atoms with Crippen LogP contribution >= 0.6 is 34.7 Å². The predicted molar refractivity (Wildman–Crippen MR) is 132 cm³/mol. The zero-order chi connectivity index (χ0) is 27.7. The average Bonchev–Trinajstić information content (AvgIpc) is 3.20. The van der Waals surface area contributed by atoms with E-state index in [9.17, 15) is 24.3 Å². The van der Waals surface area contributed by atoms with Crippen LogP contribution < -0.4 is 26.5 Å². The number of halogens is 1. The number of aromatic nitrogens is 3. The Morgan fingerprint density at radius 1 is 1.45 bits per heavy atom. The van der Waals surface area contributed by atoms with Crippen LogP contribution in [-0.2, 0) is 30.6 Å². The lowest BCUT2D eigenvalue weighted by molar-refractivity contribution is -0.691. The molecular formula is C20H19ClN8O7S2. The van der Waals surface area contributed by atoms with Gasteiger partial charge in [0.2, 0.25) is 11.9 Å². The summed E-state index contributed by atoms with van der Waals surface area (Å²) in [5.74, 6) is -4.04. The molecule has 38 heavy (non-hydrogen) atoms. The fraction of sp³-hybridized carbons (Fsp3) is 0.300. The van der Waals surface area contributed by atoms with Crippen LogP contribution in [0.4, 0.5) is 10.9 Å². The van der Waals surface area contributed by atoms with Crippen LogP contribution in [0, 0.1) is 0 Å². The molecule has 1 saturated heterocycles. The zero-order valence-electron chi connectivity index (χ0n) is 19.4. The van der Waals surface area contributed by atoms with Crippen LogP contribution in [0.5, 0.6) is 0 Å². The number of oxime groups is 1. The normalized spacial score (nSPS) is 19.9. The number of nitrogens with two attached hydrogens (primary N) is 2. The van der Waals surface area contributed by atoms with E-state index in [-0.39, 0.29) is 39.0 Å². The van der Waals surface area contributed by atoms with Crippen molar-refractivity contribution in [3.63, 3.8) is 0 Å². The summed E-state index contributed by atoms with van der Waals surface area (Å²) in [6, 6.07) is 0.409. The summed E-state index contributed by atoms with van der Waals surface area (Å²) in [6.45, 7) is 1.31. The number of nitrogens with zero attached hydrogens (tertiary/aromatic N) is 5. The molecule has 0 radical (unpaired) electrons. The van der Waals surface area contributed by atoms with Crippen LogP contribution in [0.2, 0.25) is 4.34 Å². The second kappa shape index (κ2) is 10.8. The summed E-state index contributed by atoms with van der Waals surface area (Å²) in [5.41, 5.74) is 10.7. The minimum absolute atomic E-state index is 0.0101. The van der Waals surface area contributed by atoms with Crippen LogP contribution in [0.1, 0.15) is 12.6 Å². The molecular weight excluding hydrogens is 564 g/mol. The van der Waals surface area contributed by atoms with Gasteiger partial charge < -0.3 is 36.6 Å². The molecule has 0 saturated carbocycles. The van der Waals surface area contributed by atoms with Crippen molar-refractivity contribution in [2.45, 2.75) is 31.0 Å². The predicted octanol–water partition coefficient (Wildman–Crippen LogP) is -2.06. The van der Waals surface area contributed by atoms with Crippen molar-refractivity contribution in [3.05, 3.63) is 39.9 Å². The molecule has 4 heterocycles. The second-order valence-electron chi connectivity index (χ2n) is 7.96. The third-order valence-electron chi connectivity index (χ3n) is 5.38. The minimum Gasteiger partial charge on any atom is -0.543 e. The summed E-state index contributed by atoms with van der Waals surface area (Å²) in [7, 11) is 0. The van der Waals surface area contributed by atoms with Crippen molar-refractivity contribution in [1.29, 1.82) is 0 Å². The van der Waals surface area contributed by atoms with Crippen molar-refractivity contribution >= 4 is 75.1 Å². The van der Waals surface area contributed by atoms with E-state index in [1.165, 1.54) is 25.0 Å². The van der Waals surface area contributed by atoms with Crippen LogP contribution in [0.15, 0.2) is 35.0 Å². The molecule has 0 aliphatic carbocycles. The molecule has 200 valence electrons. The van der Waals surface area contributed by atoms with E-state index in [1.807, 2.05) is 0 Å². The Bertz CT molecular complexity index is 1380. The number of carbonyl (C=O) groups excluding carboxylic acids is 3. The topological polar surface area (TPSA) is 230 Å². The zero-order valence-corrected chi connectivity index (χ0v) is 21.7. The molecule has 0 bridgehead atoms. The number of thiazole rings is 1. The molecule has 0 spiro atoms. The smallest absolute Gasteiger partial charge is 0.347 e. The third-order valence-corrected chi connectivity index (χ3v) is 7.81. The number of anilines is 2. The largest absolute Gasteiger partial charge is 0.543 e. The summed E-state index contributed by atoms with van der Waals surface area (Å²) < 4.78 is 1.58. The minimum atomic E-state index is -1.55. The Hall–Kier alpha value is -3.96. The number of carboxylic acids is 2. The molecule has 2 aliphatic heterocycles. The fourth-order valence-corrected chi connectivity index (χ4v) is 5.81. The van der Waals surface area contributed by atoms with Gasteiger partial charge in [-0.2, -0.15) is 0 Å². The monoisotopic (exact) mass is 582 g/mol. The highest BCUT2D eigenvalue weighted by molar-refractivity contribution is 8.00. The average molecular weight is 583 g/mol. The van der Waals surface area contributed by atoms with Crippen LogP contribution in [0.25, 0.3) is 0 Å². The summed E-state index contributed by atoms with van der Waals surface area (Å²) >= 11 is 8.18. The molecule has 2 aromatic heterocycles. The molecule has 1 fully saturated rings. The highest BCUT2D eigenvalue weighted by Gasteiger charge is 2.53. The lowest BCUT2D eigenvalue weighted by atomic mass is 10.0. The second-order valence-corrected chi connectivity index (χ2v) is 10.7. The maximum absolute atomic E-state index is 13.1. The highest BCUT2D eigenvalue weighted by atomic mass is 35.5. The third kappa shape index (κ3) is 5.34. The van der Waals surface area contributed by atoms with Gasteiger partial charge in [-0.05, 0) is 11.9 Å². The van der Waals surface area contributed by atoms with Gasteiger partial charge in [0.25, 0.3) is 18.1 Å². The number of hydrogen-bond donors (Lipinski definition) is 4. The first-order chi connectivity index (χ1) is 18.0. The van der Waals surface area contributed by atoms with E-state index < -0.39 is 47.0 Å². The van der Waals surface area contributed by atoms with Gasteiger partial charge in [0.1, 0.15) is 28.0 Å². The number of aliphatic carboxylic acids is 2. The van der Waals surface area contributed by atoms with Gasteiger partial charge in [-0.25, -0.2) is 14.3 Å². The number of nitrogen functional groups attached to an aromatic ring is 2. The highest BCUT2D eigenvalue weighted by Crippen LogP contribution is 2.40. The summed E-state index contributed by atoms with van der Waals surface area (Å²) in [5, 5.41) is 26.4. The molecule has 0 aromatic carbocycles. The lowest BCUT2D eigenvalue weighted by Gasteiger charge is -2.50. The SMILES string of the molecule is C[C@H](O/N=C(\C(=O)N[C@@H]1C(=O)N2C(C(=O)[O-])=C(C[n+]3ccc(N)nc3)CS[C@H]12)c1nc(N)sc1Cl)C(=O)O. The number of fused-ring (bicyclic) bond motifs is 1. The number of β-lactam (4-membered cyclic amide) rings is 1. The fourth-order valence-electron chi connectivity index (χ4n) is 3.54. The van der Waals surface area contributed by atoms with E-state index in [0.29, 0.717) is 5.57 Å². The maximum atomic E-state index is 13.1. The number of hydrogen-bond acceptors (Lipinski definition) is 13. The van der Waals surface area contributed by atoms with Crippen LogP contribution in [-0.4, -0.2) is 72.7 Å². The van der Waals surface area contributed by atoms with E-state index in [0.717, 1.165) is 16.2 Å². The Morgan fingerprint density at radius 2 is 2.18 bits per heavy atom. The van der Waals surface area contributed by atoms with Gasteiger partial charge in [0.05, 0.1) is 17.9 Å². The van der Waals surface area contributed by atoms with Crippen molar-refractivity contribution in [2.75, 3.05) is 17.2 Å². The molecule has 4 rings (SSSR count). The van der Waals surface area contributed by atoms with Crippen molar-refractivity contribution in [3.8, 4) is 0 Å².